The molecule has 0 bridgehead atoms. The number of aryl methyl sites for hydroxylation is 1. The number of H-pyrrole nitrogens is 2. The average molecular weight is 776 g/mol. The van der Waals surface area contributed by atoms with E-state index in [2.05, 4.69) is 82.1 Å². The second-order valence-electron chi connectivity index (χ2n) is 16.0. The smallest absolute Gasteiger partial charge is 0.407 e. The van der Waals surface area contributed by atoms with Gasteiger partial charge < -0.3 is 39.9 Å². The van der Waals surface area contributed by atoms with E-state index in [1.54, 1.807) is 0 Å². The molecule has 2 aliphatic heterocycles. The van der Waals surface area contributed by atoms with Gasteiger partial charge in [-0.1, -0.05) is 58.0 Å². The zero-order valence-corrected chi connectivity index (χ0v) is 33.8. The Morgan fingerprint density at radius 2 is 1.28 bits per heavy atom. The number of alkyl carbamates (subject to hydrolysis) is 2. The number of aromatic nitrogens is 3. The summed E-state index contributed by atoms with van der Waals surface area (Å²) in [6.07, 6.45) is 2.13. The van der Waals surface area contributed by atoms with Crippen molar-refractivity contribution in [3.63, 3.8) is 0 Å². The van der Waals surface area contributed by atoms with Crippen molar-refractivity contribution in [2.24, 2.45) is 11.8 Å². The van der Waals surface area contributed by atoms with Gasteiger partial charge >= 0.3 is 12.2 Å². The molecule has 2 fully saturated rings. The van der Waals surface area contributed by atoms with Crippen molar-refractivity contribution >= 4 is 45.9 Å². The van der Waals surface area contributed by atoms with Crippen molar-refractivity contribution in [3.05, 3.63) is 77.7 Å². The lowest BCUT2D eigenvalue weighted by Gasteiger charge is -2.30. The first-order chi connectivity index (χ1) is 27.4. The molecule has 2 aromatic heterocycles. The molecule has 4 N–H and O–H groups in total. The quantitative estimate of drug-likeness (QED) is 0.113. The Bertz CT molecular complexity index is 2310. The van der Waals surface area contributed by atoms with E-state index in [1.807, 2.05) is 43.6 Å². The number of nitrogens with zero attached hydrogens (tertiary/aromatic N) is 3. The van der Waals surface area contributed by atoms with Crippen LogP contribution in [-0.2, 0) is 19.1 Å². The highest BCUT2D eigenvalue weighted by atomic mass is 16.5. The lowest BCUT2D eigenvalue weighted by atomic mass is 9.95. The molecule has 4 heterocycles. The number of ether oxygens (including phenoxy) is 2. The zero-order chi connectivity index (χ0) is 40.5. The van der Waals surface area contributed by atoms with Crippen LogP contribution >= 0.6 is 0 Å². The van der Waals surface area contributed by atoms with Gasteiger partial charge in [0.2, 0.25) is 11.8 Å². The number of nitrogens with one attached hydrogen (secondary N) is 4. The SMILES string of the molecule is COC(=O)N[C@H](C(=O)N1CCC[C@H]1c1cc2cc(-c3ccc(-c4ccc5nc([C@@H]6CCCN6C(=O)[C@@H](NC(=O)OC)C(C)C)[nH]c5c4)cc3C)ccc2[nH]1)C(C)C. The van der Waals surface area contributed by atoms with Crippen LogP contribution in [0.4, 0.5) is 9.59 Å². The first-order valence-electron chi connectivity index (χ1n) is 19.9. The van der Waals surface area contributed by atoms with Crippen LogP contribution in [0.1, 0.15) is 82.5 Å². The molecule has 300 valence electrons. The molecule has 4 amide bonds. The summed E-state index contributed by atoms with van der Waals surface area (Å²) in [6.45, 7) is 11.0. The number of hydrogen-bond donors (Lipinski definition) is 4. The molecule has 0 saturated carbocycles. The number of likely N-dealkylation sites (tertiary alicyclic amines) is 2. The third kappa shape index (κ3) is 7.92. The molecule has 4 atom stereocenters. The second kappa shape index (κ2) is 16.3. The summed E-state index contributed by atoms with van der Waals surface area (Å²) in [5, 5.41) is 6.51. The Labute approximate surface area is 332 Å². The highest BCUT2D eigenvalue weighted by molar-refractivity contribution is 5.90. The lowest BCUT2D eigenvalue weighted by molar-refractivity contribution is -0.136. The number of carbonyl (C=O) groups excluding carboxylic acids is 4. The molecular weight excluding hydrogens is 723 g/mol. The minimum absolute atomic E-state index is 0.0894. The van der Waals surface area contributed by atoms with Crippen LogP contribution in [0, 0.1) is 18.8 Å². The normalized spacial score (nSPS) is 18.1. The van der Waals surface area contributed by atoms with Crippen molar-refractivity contribution in [2.75, 3.05) is 27.3 Å². The molecule has 57 heavy (non-hydrogen) atoms. The fourth-order valence-corrected chi connectivity index (χ4v) is 8.46. The summed E-state index contributed by atoms with van der Waals surface area (Å²) in [6, 6.07) is 19.6. The van der Waals surface area contributed by atoms with Crippen molar-refractivity contribution in [3.8, 4) is 22.3 Å². The topological polar surface area (TPSA) is 162 Å². The Balaban J connectivity index is 1.09. The average Bonchev–Trinajstić information content (AvgIpc) is 4.03. The summed E-state index contributed by atoms with van der Waals surface area (Å²) in [5.41, 5.74) is 9.22. The van der Waals surface area contributed by atoms with Gasteiger partial charge in [-0.2, -0.15) is 0 Å². The minimum Gasteiger partial charge on any atom is -0.453 e. The third-order valence-corrected chi connectivity index (χ3v) is 11.5. The third-order valence-electron chi connectivity index (χ3n) is 11.5. The largest absolute Gasteiger partial charge is 0.453 e. The number of methoxy groups -OCH3 is 2. The number of hydrogen-bond acceptors (Lipinski definition) is 7. The number of carbonyl (C=O) groups is 4. The van der Waals surface area contributed by atoms with Gasteiger partial charge in [0.1, 0.15) is 17.9 Å². The van der Waals surface area contributed by atoms with Crippen molar-refractivity contribution in [1.29, 1.82) is 0 Å². The maximum Gasteiger partial charge on any atom is 0.407 e. The molecule has 5 aromatic rings. The highest BCUT2D eigenvalue weighted by Crippen LogP contribution is 2.37. The second-order valence-corrected chi connectivity index (χ2v) is 16.0. The predicted molar refractivity (Wildman–Crippen MR) is 219 cm³/mol. The van der Waals surface area contributed by atoms with Crippen LogP contribution in [-0.4, -0.2) is 88.1 Å². The van der Waals surface area contributed by atoms with Crippen LogP contribution in [0.2, 0.25) is 0 Å². The van der Waals surface area contributed by atoms with Gasteiger partial charge in [0.15, 0.2) is 0 Å². The summed E-state index contributed by atoms with van der Waals surface area (Å²) >= 11 is 0. The van der Waals surface area contributed by atoms with Crippen molar-refractivity contribution < 1.29 is 28.7 Å². The molecule has 2 aliphatic rings. The summed E-state index contributed by atoms with van der Waals surface area (Å²) < 4.78 is 9.57. The van der Waals surface area contributed by atoms with Crippen molar-refractivity contribution in [1.82, 2.24) is 35.4 Å². The first-order valence-corrected chi connectivity index (χ1v) is 19.9. The molecular formula is C44H53N7O6. The van der Waals surface area contributed by atoms with Crippen LogP contribution in [0.25, 0.3) is 44.2 Å². The number of benzene rings is 3. The van der Waals surface area contributed by atoms with E-state index in [9.17, 15) is 19.2 Å². The van der Waals surface area contributed by atoms with Gasteiger partial charge in [0, 0.05) is 29.7 Å². The number of imidazole rings is 1. The lowest BCUT2D eigenvalue weighted by Crippen LogP contribution is -2.51. The van der Waals surface area contributed by atoms with E-state index in [4.69, 9.17) is 14.5 Å². The summed E-state index contributed by atoms with van der Waals surface area (Å²) in [5.74, 6) is 0.312. The van der Waals surface area contributed by atoms with Crippen LogP contribution in [0.5, 0.6) is 0 Å². The molecule has 7 rings (SSSR count). The van der Waals surface area contributed by atoms with E-state index < -0.39 is 24.3 Å². The Hall–Kier alpha value is -5.85. The molecule has 13 heteroatoms. The zero-order valence-electron chi connectivity index (χ0n) is 33.8. The summed E-state index contributed by atoms with van der Waals surface area (Å²) in [4.78, 5) is 67.1. The van der Waals surface area contributed by atoms with Gasteiger partial charge in [-0.05, 0) is 103 Å². The molecule has 13 nitrogen and oxygen atoms in total. The van der Waals surface area contributed by atoms with Gasteiger partial charge in [-0.15, -0.1) is 0 Å². The molecule has 3 aromatic carbocycles. The standard InChI is InChI=1S/C44H53N7O6/c1-24(2)38(48-43(54)56-6)41(52)50-18-8-10-36(50)35-23-30-21-29(14-16-32(30)45-35)31-15-12-27(20-26(31)5)28-13-17-33-34(22-28)47-40(46-33)37-11-9-19-51(37)42(53)39(25(3)4)49-44(55)57-7/h12-17,20-25,36-39,45H,8-11,18-19H2,1-7H3,(H,46,47)(H,48,54)(H,49,55)/t36-,37-,38-,39-/m0/s1. The molecule has 0 radical (unpaired) electrons. The predicted octanol–water partition coefficient (Wildman–Crippen LogP) is 7.77. The molecule has 0 unspecified atom stereocenters. The van der Waals surface area contributed by atoms with Gasteiger partial charge in [0.25, 0.3) is 0 Å². The number of rotatable bonds is 10. The van der Waals surface area contributed by atoms with Crippen molar-refractivity contribution in [2.45, 2.75) is 84.5 Å². The van der Waals surface area contributed by atoms with E-state index in [0.717, 1.165) is 87.0 Å². The van der Waals surface area contributed by atoms with E-state index in [1.165, 1.54) is 14.2 Å². The van der Waals surface area contributed by atoms with E-state index in [0.29, 0.717) is 13.1 Å². The van der Waals surface area contributed by atoms with E-state index >= 15 is 0 Å². The first kappa shape index (κ1) is 39.4. The van der Waals surface area contributed by atoms with Gasteiger partial charge in [0.05, 0.1) is 37.3 Å². The van der Waals surface area contributed by atoms with Crippen LogP contribution in [0.15, 0.2) is 60.7 Å². The van der Waals surface area contributed by atoms with E-state index in [-0.39, 0.29) is 35.7 Å². The molecule has 0 aliphatic carbocycles. The fraction of sp³-hybridized carbons (Fsp3) is 0.432. The molecule has 2 saturated heterocycles. The Kier molecular flexibility index (Phi) is 11.3. The maximum absolute atomic E-state index is 13.7. The number of fused-ring (bicyclic) bond motifs is 2. The number of aromatic amines is 2. The monoisotopic (exact) mass is 775 g/mol. The molecule has 0 spiro atoms. The Morgan fingerprint density at radius 3 is 1.89 bits per heavy atom. The maximum atomic E-state index is 13.7. The van der Waals surface area contributed by atoms with Gasteiger partial charge in [-0.25, -0.2) is 14.6 Å². The Morgan fingerprint density at radius 1 is 0.702 bits per heavy atom. The van der Waals surface area contributed by atoms with Crippen LogP contribution in [0.3, 0.4) is 0 Å². The van der Waals surface area contributed by atoms with Gasteiger partial charge in [-0.3, -0.25) is 9.59 Å². The highest BCUT2D eigenvalue weighted by Gasteiger charge is 2.38. The van der Waals surface area contributed by atoms with Crippen LogP contribution < -0.4 is 10.6 Å². The fourth-order valence-electron chi connectivity index (χ4n) is 8.46. The minimum atomic E-state index is -0.690. The number of amides is 4. The summed E-state index contributed by atoms with van der Waals surface area (Å²) in [7, 11) is 2.60.